The first kappa shape index (κ1) is 23.8. The number of nitrogens with two attached hydrogens (primary N) is 1. The quantitative estimate of drug-likeness (QED) is 0.266. The topological polar surface area (TPSA) is 140 Å². The number of amides is 1. The normalized spacial score (nSPS) is 28.0. The summed E-state index contributed by atoms with van der Waals surface area (Å²) in [6.07, 6.45) is 0.907. The highest BCUT2D eigenvalue weighted by atomic mass is 16.7. The average Bonchev–Trinajstić information content (AvgIpc) is 2.67. The van der Waals surface area contributed by atoms with E-state index in [1.54, 1.807) is 0 Å². The molecule has 5 unspecified atom stereocenters. The maximum Gasteiger partial charge on any atom is 0.306 e. The Hall–Kier alpha value is -1.26. The van der Waals surface area contributed by atoms with Crippen LogP contribution in [0.2, 0.25) is 0 Å². The van der Waals surface area contributed by atoms with Crippen LogP contribution in [0.25, 0.3) is 0 Å². The number of hydrogen-bond acceptors (Lipinski definition) is 8. The summed E-state index contributed by atoms with van der Waals surface area (Å²) in [5.41, 5.74) is 5.88. The van der Waals surface area contributed by atoms with Gasteiger partial charge in [0.05, 0.1) is 12.5 Å². The van der Waals surface area contributed by atoms with E-state index in [1.807, 2.05) is 0 Å². The molecule has 0 aliphatic carbocycles. The Labute approximate surface area is 160 Å². The van der Waals surface area contributed by atoms with Gasteiger partial charge in [-0.15, -0.1) is 0 Å². The summed E-state index contributed by atoms with van der Waals surface area (Å²) < 4.78 is 16.2. The number of rotatable bonds is 12. The van der Waals surface area contributed by atoms with Crippen molar-refractivity contribution >= 4 is 11.9 Å². The van der Waals surface area contributed by atoms with Gasteiger partial charge in [-0.2, -0.15) is 0 Å². The van der Waals surface area contributed by atoms with Gasteiger partial charge in [0.2, 0.25) is 5.91 Å². The number of unbranched alkanes of at least 4 members (excludes halogenated alkanes) is 4. The Balaban J connectivity index is 2.40. The van der Waals surface area contributed by atoms with Gasteiger partial charge in [0.25, 0.3) is 0 Å². The van der Waals surface area contributed by atoms with E-state index in [2.05, 4.69) is 12.2 Å². The molecule has 0 spiro atoms. The molecular formula is C18H34N2O7. The Kier molecular flexibility index (Phi) is 11.5. The van der Waals surface area contributed by atoms with Gasteiger partial charge in [-0.05, 0) is 6.42 Å². The van der Waals surface area contributed by atoms with Gasteiger partial charge in [-0.3, -0.25) is 9.59 Å². The van der Waals surface area contributed by atoms with Crippen molar-refractivity contribution in [2.75, 3.05) is 20.3 Å². The molecule has 158 valence electrons. The maximum absolute atomic E-state index is 11.7. The highest BCUT2D eigenvalue weighted by molar-refractivity contribution is 5.80. The van der Waals surface area contributed by atoms with E-state index < -0.39 is 36.6 Å². The van der Waals surface area contributed by atoms with Gasteiger partial charge in [-0.1, -0.05) is 32.6 Å². The Morgan fingerprint density at radius 1 is 1.11 bits per heavy atom. The van der Waals surface area contributed by atoms with Crippen LogP contribution >= 0.6 is 0 Å². The molecule has 9 nitrogen and oxygen atoms in total. The monoisotopic (exact) mass is 390 g/mol. The van der Waals surface area contributed by atoms with E-state index in [4.69, 9.17) is 19.9 Å². The zero-order valence-electron chi connectivity index (χ0n) is 16.3. The maximum atomic E-state index is 11.7. The highest BCUT2D eigenvalue weighted by Gasteiger charge is 2.43. The number of nitrogens with one attached hydrogen (secondary N) is 1. The second-order valence-corrected chi connectivity index (χ2v) is 6.74. The standard InChI is InChI=1S/C18H34N2O7/c1-3-4-5-6-7-10-25-18-15(19)17(24)16(23)12(27-18)11-26-14(22)9-8-13(21)20-2/h12,15-18,23-24H,3-11,19H2,1-2H3,(H,20,21). The number of hydrogen-bond donors (Lipinski definition) is 4. The van der Waals surface area contributed by atoms with Crippen LogP contribution < -0.4 is 11.1 Å². The molecule has 5 N–H and O–H groups in total. The molecule has 1 fully saturated rings. The third-order valence-electron chi connectivity index (χ3n) is 4.52. The summed E-state index contributed by atoms with van der Waals surface area (Å²) in [5.74, 6) is -0.859. The second kappa shape index (κ2) is 13.0. The van der Waals surface area contributed by atoms with Crippen molar-refractivity contribution in [3.05, 3.63) is 0 Å². The first-order valence-electron chi connectivity index (χ1n) is 9.65. The molecule has 0 bridgehead atoms. The minimum absolute atomic E-state index is 0.0146. The lowest BCUT2D eigenvalue weighted by molar-refractivity contribution is -0.267. The lowest BCUT2D eigenvalue weighted by Gasteiger charge is -2.40. The second-order valence-electron chi connectivity index (χ2n) is 6.74. The number of ether oxygens (including phenoxy) is 3. The molecule has 0 saturated carbocycles. The number of carbonyl (C=O) groups excluding carboxylic acids is 2. The highest BCUT2D eigenvalue weighted by Crippen LogP contribution is 2.21. The largest absolute Gasteiger partial charge is 0.463 e. The summed E-state index contributed by atoms with van der Waals surface area (Å²) in [4.78, 5) is 22.8. The van der Waals surface area contributed by atoms with Crippen molar-refractivity contribution in [1.82, 2.24) is 5.32 Å². The number of aliphatic hydroxyl groups is 2. The summed E-state index contributed by atoms with van der Waals surface area (Å²) in [7, 11) is 1.48. The molecule has 1 saturated heterocycles. The number of aliphatic hydroxyl groups excluding tert-OH is 2. The minimum Gasteiger partial charge on any atom is -0.463 e. The van der Waals surface area contributed by atoms with Crippen molar-refractivity contribution in [2.45, 2.75) is 82.5 Å². The van der Waals surface area contributed by atoms with Gasteiger partial charge in [0.1, 0.15) is 24.9 Å². The smallest absolute Gasteiger partial charge is 0.306 e. The summed E-state index contributed by atoms with van der Waals surface area (Å²) in [5, 5.41) is 22.6. The molecule has 5 atom stereocenters. The van der Waals surface area contributed by atoms with Gasteiger partial charge in [-0.25, -0.2) is 0 Å². The van der Waals surface area contributed by atoms with Crippen molar-refractivity contribution in [1.29, 1.82) is 0 Å². The molecule has 0 radical (unpaired) electrons. The first-order valence-corrected chi connectivity index (χ1v) is 9.65. The lowest BCUT2D eigenvalue weighted by atomic mass is 9.98. The van der Waals surface area contributed by atoms with E-state index in [0.29, 0.717) is 6.61 Å². The van der Waals surface area contributed by atoms with E-state index >= 15 is 0 Å². The van der Waals surface area contributed by atoms with E-state index in [9.17, 15) is 19.8 Å². The summed E-state index contributed by atoms with van der Waals surface area (Å²) in [6.45, 7) is 2.32. The molecule has 0 aromatic carbocycles. The van der Waals surface area contributed by atoms with Crippen molar-refractivity contribution in [3.63, 3.8) is 0 Å². The fourth-order valence-electron chi connectivity index (χ4n) is 2.73. The molecule has 0 aromatic heterocycles. The third-order valence-corrected chi connectivity index (χ3v) is 4.52. The molecule has 1 heterocycles. The molecule has 27 heavy (non-hydrogen) atoms. The molecule has 9 heteroatoms. The molecule has 1 aliphatic rings. The van der Waals surface area contributed by atoms with Crippen LogP contribution in [0.5, 0.6) is 0 Å². The van der Waals surface area contributed by atoms with Crippen LogP contribution in [-0.2, 0) is 23.8 Å². The predicted octanol–water partition coefficient (Wildman–Crippen LogP) is -0.183. The van der Waals surface area contributed by atoms with E-state index in [0.717, 1.165) is 25.7 Å². The van der Waals surface area contributed by atoms with Crippen LogP contribution in [0.3, 0.4) is 0 Å². The zero-order valence-corrected chi connectivity index (χ0v) is 16.3. The van der Waals surface area contributed by atoms with Gasteiger partial charge < -0.3 is 35.5 Å². The number of esters is 1. The van der Waals surface area contributed by atoms with E-state index in [-0.39, 0.29) is 25.4 Å². The molecular weight excluding hydrogens is 356 g/mol. The minimum atomic E-state index is -1.30. The van der Waals surface area contributed by atoms with Gasteiger partial charge in [0, 0.05) is 20.1 Å². The van der Waals surface area contributed by atoms with Crippen molar-refractivity contribution < 1.29 is 34.0 Å². The third kappa shape index (κ3) is 8.52. The first-order chi connectivity index (χ1) is 12.9. The average molecular weight is 390 g/mol. The van der Waals surface area contributed by atoms with Crippen LogP contribution in [0.1, 0.15) is 51.9 Å². The summed E-state index contributed by atoms with van der Waals surface area (Å²) in [6, 6.07) is -0.893. The van der Waals surface area contributed by atoms with Gasteiger partial charge >= 0.3 is 5.97 Å². The van der Waals surface area contributed by atoms with Crippen molar-refractivity contribution in [3.8, 4) is 0 Å². The molecule has 0 aromatic rings. The van der Waals surface area contributed by atoms with Crippen LogP contribution in [0.15, 0.2) is 0 Å². The predicted molar refractivity (Wildman–Crippen MR) is 97.6 cm³/mol. The Morgan fingerprint density at radius 3 is 2.48 bits per heavy atom. The Bertz CT molecular complexity index is 449. The molecule has 1 amide bonds. The van der Waals surface area contributed by atoms with E-state index in [1.165, 1.54) is 13.5 Å². The molecule has 1 aliphatic heterocycles. The van der Waals surface area contributed by atoms with Crippen LogP contribution in [-0.4, -0.2) is 73.0 Å². The lowest BCUT2D eigenvalue weighted by Crippen LogP contribution is -2.62. The number of carbonyl (C=O) groups is 2. The SMILES string of the molecule is CCCCCCCOC1OC(COC(=O)CCC(=O)NC)C(O)C(O)C1N. The molecule has 1 rings (SSSR count). The van der Waals surface area contributed by atoms with Gasteiger partial charge in [0.15, 0.2) is 6.29 Å². The van der Waals surface area contributed by atoms with Crippen molar-refractivity contribution in [2.24, 2.45) is 5.73 Å². The Morgan fingerprint density at radius 2 is 1.81 bits per heavy atom. The summed E-state index contributed by atoms with van der Waals surface area (Å²) >= 11 is 0. The van der Waals surface area contributed by atoms with Crippen LogP contribution in [0, 0.1) is 0 Å². The fourth-order valence-corrected chi connectivity index (χ4v) is 2.73. The zero-order chi connectivity index (χ0) is 20.2. The van der Waals surface area contributed by atoms with Crippen LogP contribution in [0.4, 0.5) is 0 Å². The fraction of sp³-hybridized carbons (Fsp3) is 0.889.